The number of aliphatic hydroxyl groups excluding tert-OH is 1. The molecular weight excluding hydrogens is 170 g/mol. The lowest BCUT2D eigenvalue weighted by molar-refractivity contribution is -0.265. The second-order valence-electron chi connectivity index (χ2n) is 3.05. The first kappa shape index (κ1) is 9.83. The van der Waals surface area contributed by atoms with Gasteiger partial charge in [-0.3, -0.25) is 0 Å². The van der Waals surface area contributed by atoms with Crippen LogP contribution in [0.3, 0.4) is 0 Å². The Morgan fingerprint density at radius 3 is 2.50 bits per heavy atom. The van der Waals surface area contributed by atoms with E-state index in [1.165, 1.54) is 0 Å². The maximum absolute atomic E-state index is 12.7. The number of hydrogen-bond acceptors (Lipinski definition) is 3. The van der Waals surface area contributed by atoms with E-state index >= 15 is 0 Å². The van der Waals surface area contributed by atoms with Crippen molar-refractivity contribution in [3.05, 3.63) is 0 Å². The normalized spacial score (nSPS) is 34.5. The van der Waals surface area contributed by atoms with Gasteiger partial charge in [0.2, 0.25) is 0 Å². The zero-order valence-corrected chi connectivity index (χ0v) is 6.96. The van der Waals surface area contributed by atoms with Crippen LogP contribution in [0.1, 0.15) is 13.8 Å². The molecule has 1 aliphatic heterocycles. The molecule has 0 amide bonds. The first-order valence-corrected chi connectivity index (χ1v) is 3.79. The van der Waals surface area contributed by atoms with Crippen LogP contribution in [0.4, 0.5) is 8.78 Å². The van der Waals surface area contributed by atoms with Crippen LogP contribution in [-0.4, -0.2) is 36.1 Å². The van der Waals surface area contributed by atoms with E-state index in [0.29, 0.717) is 0 Å². The van der Waals surface area contributed by atoms with Crippen molar-refractivity contribution in [3.8, 4) is 0 Å². The van der Waals surface area contributed by atoms with Gasteiger partial charge in [0.1, 0.15) is 6.10 Å². The molecule has 0 aromatic rings. The summed E-state index contributed by atoms with van der Waals surface area (Å²) >= 11 is 0. The highest BCUT2D eigenvalue weighted by atomic mass is 19.3. The molecular formula is C7H12F2O3. The summed E-state index contributed by atoms with van der Waals surface area (Å²) in [5.74, 6) is 0. The molecule has 0 bridgehead atoms. The molecule has 2 atom stereocenters. The zero-order chi connectivity index (χ0) is 9.35. The predicted molar refractivity (Wildman–Crippen MR) is 36.9 cm³/mol. The Hall–Kier alpha value is -0.260. The number of ether oxygens (including phenoxy) is 2. The molecule has 0 radical (unpaired) electrons. The molecule has 2 unspecified atom stereocenters. The smallest absolute Gasteiger partial charge is 0.384 e. The van der Waals surface area contributed by atoms with E-state index in [2.05, 4.69) is 4.74 Å². The lowest BCUT2D eigenvalue weighted by atomic mass is 10.2. The number of hydrogen-bond donors (Lipinski definition) is 1. The molecule has 0 spiro atoms. The monoisotopic (exact) mass is 182 g/mol. The molecule has 1 fully saturated rings. The number of rotatable bonds is 2. The van der Waals surface area contributed by atoms with Crippen LogP contribution in [0.2, 0.25) is 0 Å². The molecule has 5 heteroatoms. The van der Waals surface area contributed by atoms with Gasteiger partial charge in [-0.1, -0.05) is 0 Å². The van der Waals surface area contributed by atoms with Crippen LogP contribution >= 0.6 is 0 Å². The van der Waals surface area contributed by atoms with Crippen molar-refractivity contribution < 1.29 is 23.4 Å². The summed E-state index contributed by atoms with van der Waals surface area (Å²) in [6.45, 7) is 2.88. The molecule has 1 saturated heterocycles. The van der Waals surface area contributed by atoms with Gasteiger partial charge in [0.05, 0.1) is 12.7 Å². The number of halogens is 2. The Balaban J connectivity index is 2.59. The van der Waals surface area contributed by atoms with Gasteiger partial charge in [0.25, 0.3) is 0 Å². The molecule has 0 aliphatic carbocycles. The minimum atomic E-state index is -3.36. The second kappa shape index (κ2) is 3.24. The van der Waals surface area contributed by atoms with Crippen molar-refractivity contribution >= 4 is 0 Å². The fourth-order valence-electron chi connectivity index (χ4n) is 1.05. The molecule has 1 N–H and O–H groups in total. The zero-order valence-electron chi connectivity index (χ0n) is 6.96. The summed E-state index contributed by atoms with van der Waals surface area (Å²) in [4.78, 5) is 0. The largest absolute Gasteiger partial charge is 0.388 e. The Morgan fingerprint density at radius 2 is 2.17 bits per heavy atom. The lowest BCUT2D eigenvalue weighted by Gasteiger charge is -2.21. The van der Waals surface area contributed by atoms with Gasteiger partial charge in [0.15, 0.2) is 6.10 Å². The molecule has 1 aliphatic rings. The van der Waals surface area contributed by atoms with E-state index in [1.54, 1.807) is 13.8 Å². The van der Waals surface area contributed by atoms with E-state index in [4.69, 9.17) is 9.84 Å². The summed E-state index contributed by atoms with van der Waals surface area (Å²) in [6, 6.07) is 0. The van der Waals surface area contributed by atoms with Crippen molar-refractivity contribution in [1.29, 1.82) is 0 Å². The Bertz CT molecular complexity index is 161. The average Bonchev–Trinajstić information content (AvgIpc) is 2.15. The third kappa shape index (κ3) is 1.91. The molecule has 1 heterocycles. The maximum Gasteiger partial charge on any atom is 0.384 e. The minimum absolute atomic E-state index is 0.350. The standard InChI is InChI=1S/C7H12F2O3/c1-4(2)12-6-5(10)3-11-7(6,8)9/h4-6,10H,3H2,1-2H3. The highest BCUT2D eigenvalue weighted by molar-refractivity contribution is 4.84. The van der Waals surface area contributed by atoms with E-state index in [-0.39, 0.29) is 12.7 Å². The highest BCUT2D eigenvalue weighted by Crippen LogP contribution is 2.32. The van der Waals surface area contributed by atoms with Crippen molar-refractivity contribution in [2.75, 3.05) is 6.61 Å². The summed E-state index contributed by atoms with van der Waals surface area (Å²) in [7, 11) is 0. The first-order valence-electron chi connectivity index (χ1n) is 3.79. The van der Waals surface area contributed by atoms with Gasteiger partial charge in [0, 0.05) is 0 Å². The molecule has 1 rings (SSSR count). The Kier molecular flexibility index (Phi) is 2.65. The van der Waals surface area contributed by atoms with Crippen LogP contribution in [0, 0.1) is 0 Å². The van der Waals surface area contributed by atoms with Gasteiger partial charge in [-0.05, 0) is 13.8 Å². The Labute approximate surface area is 69.3 Å². The fraction of sp³-hybridized carbons (Fsp3) is 1.00. The Morgan fingerprint density at radius 1 is 1.58 bits per heavy atom. The molecule has 0 saturated carbocycles. The predicted octanol–water partition coefficient (Wildman–Crippen LogP) is 0.764. The molecule has 72 valence electrons. The minimum Gasteiger partial charge on any atom is -0.388 e. The summed E-state index contributed by atoms with van der Waals surface area (Å²) in [5.41, 5.74) is 0. The molecule has 3 nitrogen and oxygen atoms in total. The van der Waals surface area contributed by atoms with Gasteiger partial charge in [-0.15, -0.1) is 0 Å². The van der Waals surface area contributed by atoms with Crippen LogP contribution in [0.15, 0.2) is 0 Å². The van der Waals surface area contributed by atoms with Crippen LogP contribution < -0.4 is 0 Å². The summed E-state index contributed by atoms with van der Waals surface area (Å²) in [5, 5.41) is 9.04. The van der Waals surface area contributed by atoms with Gasteiger partial charge >= 0.3 is 6.11 Å². The van der Waals surface area contributed by atoms with Crippen LogP contribution in [-0.2, 0) is 9.47 Å². The van der Waals surface area contributed by atoms with Crippen LogP contribution in [0.25, 0.3) is 0 Å². The van der Waals surface area contributed by atoms with Crippen LogP contribution in [0.5, 0.6) is 0 Å². The third-order valence-electron chi connectivity index (χ3n) is 1.55. The van der Waals surface area contributed by atoms with Crippen molar-refractivity contribution in [3.63, 3.8) is 0 Å². The quantitative estimate of drug-likeness (QED) is 0.685. The first-order chi connectivity index (χ1) is 5.43. The summed E-state index contributed by atoms with van der Waals surface area (Å²) in [6.07, 6.45) is -6.47. The van der Waals surface area contributed by atoms with Gasteiger partial charge < -0.3 is 14.6 Å². The SMILES string of the molecule is CC(C)OC1C(O)COC1(F)F. The topological polar surface area (TPSA) is 38.7 Å². The molecule has 12 heavy (non-hydrogen) atoms. The van der Waals surface area contributed by atoms with E-state index < -0.39 is 18.3 Å². The number of alkyl halides is 2. The van der Waals surface area contributed by atoms with Gasteiger partial charge in [-0.25, -0.2) is 0 Å². The van der Waals surface area contributed by atoms with E-state index in [9.17, 15) is 8.78 Å². The van der Waals surface area contributed by atoms with E-state index in [1.807, 2.05) is 0 Å². The highest BCUT2D eigenvalue weighted by Gasteiger charge is 2.52. The molecule has 0 aromatic carbocycles. The van der Waals surface area contributed by atoms with Crippen molar-refractivity contribution in [2.24, 2.45) is 0 Å². The van der Waals surface area contributed by atoms with Crippen molar-refractivity contribution in [2.45, 2.75) is 38.3 Å². The summed E-state index contributed by atoms with van der Waals surface area (Å²) < 4.78 is 34.3. The second-order valence-corrected chi connectivity index (χ2v) is 3.05. The molecule has 0 aromatic heterocycles. The fourth-order valence-corrected chi connectivity index (χ4v) is 1.05. The third-order valence-corrected chi connectivity index (χ3v) is 1.55. The van der Waals surface area contributed by atoms with Crippen molar-refractivity contribution in [1.82, 2.24) is 0 Å². The van der Waals surface area contributed by atoms with Gasteiger partial charge in [-0.2, -0.15) is 8.78 Å². The maximum atomic E-state index is 12.7. The van der Waals surface area contributed by atoms with E-state index in [0.717, 1.165) is 0 Å². The number of aliphatic hydroxyl groups is 1. The average molecular weight is 182 g/mol. The lowest BCUT2D eigenvalue weighted by Crippen LogP contribution is -2.39.